The zero-order valence-corrected chi connectivity index (χ0v) is 20.6. The Kier molecular flexibility index (Phi) is 7.51. The molecule has 39 heavy (non-hydrogen) atoms. The lowest BCUT2D eigenvalue weighted by atomic mass is 10.1. The number of nitrogens with two attached hydrogens (primary N) is 1. The fraction of sp³-hybridized carbons (Fsp3) is 0.292. The van der Waals surface area contributed by atoms with Gasteiger partial charge in [0.2, 0.25) is 0 Å². The molecular formula is C24H22F5N7O3. The highest BCUT2D eigenvalue weighted by molar-refractivity contribution is 5.86. The smallest absolute Gasteiger partial charge is 0.423 e. The van der Waals surface area contributed by atoms with Gasteiger partial charge < -0.3 is 20.4 Å². The van der Waals surface area contributed by atoms with Gasteiger partial charge in [-0.2, -0.15) is 18.3 Å². The number of aromatic nitrogens is 5. The molecule has 3 aromatic heterocycles. The summed E-state index contributed by atoms with van der Waals surface area (Å²) in [6.45, 7) is 1.66. The van der Waals surface area contributed by atoms with Gasteiger partial charge in [-0.05, 0) is 37.3 Å². The van der Waals surface area contributed by atoms with E-state index < -0.39 is 51.6 Å². The maximum atomic E-state index is 15.1. The van der Waals surface area contributed by atoms with Crippen LogP contribution in [0.3, 0.4) is 0 Å². The molecule has 0 saturated carbocycles. The van der Waals surface area contributed by atoms with Gasteiger partial charge in [-0.1, -0.05) is 0 Å². The number of hydrogen-bond acceptors (Lipinski definition) is 8. The lowest BCUT2D eigenvalue weighted by Gasteiger charge is -2.18. The van der Waals surface area contributed by atoms with E-state index in [1.54, 1.807) is 12.0 Å². The average Bonchev–Trinajstić information content (AvgIpc) is 2.86. The van der Waals surface area contributed by atoms with Gasteiger partial charge >= 0.3 is 6.18 Å². The van der Waals surface area contributed by atoms with Crippen molar-refractivity contribution >= 4 is 22.3 Å². The zero-order chi connectivity index (χ0) is 28.5. The number of ether oxygens (including phenoxy) is 1. The number of nitrogen functional groups attached to an aromatic ring is 1. The van der Waals surface area contributed by atoms with Crippen LogP contribution in [0.25, 0.3) is 22.2 Å². The number of nitrogens with zero attached hydrogens (tertiary/aromatic N) is 4. The maximum Gasteiger partial charge on any atom is 0.423 e. The number of benzene rings is 1. The number of H-pyrrole nitrogens is 1. The van der Waals surface area contributed by atoms with Gasteiger partial charge in [0, 0.05) is 18.8 Å². The van der Waals surface area contributed by atoms with E-state index in [4.69, 9.17) is 10.5 Å². The van der Waals surface area contributed by atoms with E-state index in [0.717, 1.165) is 6.20 Å². The van der Waals surface area contributed by atoms with Crippen LogP contribution in [-0.2, 0) is 12.7 Å². The van der Waals surface area contributed by atoms with Crippen molar-refractivity contribution in [2.45, 2.75) is 38.5 Å². The normalized spacial score (nSPS) is 12.5. The summed E-state index contributed by atoms with van der Waals surface area (Å²) in [6, 6.07) is 2.12. The van der Waals surface area contributed by atoms with Crippen LogP contribution >= 0.6 is 0 Å². The first-order valence-electron chi connectivity index (χ1n) is 11.5. The molecule has 0 saturated heterocycles. The average molecular weight is 551 g/mol. The van der Waals surface area contributed by atoms with Gasteiger partial charge in [0.15, 0.2) is 29.0 Å². The molecule has 0 aliphatic rings. The molecule has 15 heteroatoms. The van der Waals surface area contributed by atoms with E-state index in [9.17, 15) is 27.2 Å². The molecule has 4 N–H and O–H groups in total. The maximum absolute atomic E-state index is 15.1. The van der Waals surface area contributed by atoms with Crippen molar-refractivity contribution in [1.29, 1.82) is 0 Å². The number of methoxy groups -OCH3 is 1. The third-order valence-corrected chi connectivity index (χ3v) is 5.97. The van der Waals surface area contributed by atoms with Crippen LogP contribution in [0.4, 0.5) is 33.5 Å². The molecule has 1 aromatic carbocycles. The molecule has 1 unspecified atom stereocenters. The SMILES string of the molecule is COc1cnc(-c2cc3ccn(CCCC(C)Nc4cn[nH]c(=O)c4C(F)(F)F)c(=O)c3c(F)c2F)nc1N. The van der Waals surface area contributed by atoms with Crippen molar-refractivity contribution < 1.29 is 26.7 Å². The number of rotatable bonds is 8. The topological polar surface area (TPSA) is 141 Å². The fourth-order valence-electron chi connectivity index (χ4n) is 4.08. The fourth-order valence-corrected chi connectivity index (χ4v) is 4.08. The van der Waals surface area contributed by atoms with Gasteiger partial charge in [0.05, 0.1) is 36.1 Å². The molecule has 4 aromatic rings. The second kappa shape index (κ2) is 10.7. The Hall–Kier alpha value is -4.56. The van der Waals surface area contributed by atoms with Crippen molar-refractivity contribution in [3.63, 3.8) is 0 Å². The molecule has 0 bridgehead atoms. The summed E-state index contributed by atoms with van der Waals surface area (Å²) < 4.78 is 75.9. The standard InChI is InChI=1S/C24H22F5N7O3/c1-11(33-14-9-32-35-22(37)17(14)24(27,28)29)4-3-6-36-7-5-12-8-13(18(25)19(26)16(12)23(36)38)21-31-10-15(39-2)20(30)34-21/h5,7-11H,3-4,6H2,1-2H3,(H2,30,31,34)(H2,33,35,37). The van der Waals surface area contributed by atoms with Crippen molar-refractivity contribution in [3.8, 4) is 17.1 Å². The Bertz CT molecular complexity index is 1650. The van der Waals surface area contributed by atoms with E-state index in [1.165, 1.54) is 36.2 Å². The molecule has 0 radical (unpaired) electrons. The third-order valence-electron chi connectivity index (χ3n) is 5.97. The Balaban J connectivity index is 1.53. The number of alkyl halides is 3. The number of nitrogens with one attached hydrogen (secondary N) is 2. The number of halogens is 5. The van der Waals surface area contributed by atoms with E-state index in [0.29, 0.717) is 6.42 Å². The van der Waals surface area contributed by atoms with Gasteiger partial charge in [-0.3, -0.25) is 9.59 Å². The first-order valence-corrected chi connectivity index (χ1v) is 11.5. The lowest BCUT2D eigenvalue weighted by molar-refractivity contribution is -0.138. The van der Waals surface area contributed by atoms with Crippen LogP contribution in [0.15, 0.2) is 40.3 Å². The van der Waals surface area contributed by atoms with Crippen LogP contribution in [0.2, 0.25) is 0 Å². The van der Waals surface area contributed by atoms with Crippen molar-refractivity contribution in [1.82, 2.24) is 24.7 Å². The van der Waals surface area contributed by atoms with E-state index in [1.807, 2.05) is 0 Å². The van der Waals surface area contributed by atoms with Gasteiger partial charge in [-0.15, -0.1) is 0 Å². The molecule has 1 atom stereocenters. The lowest BCUT2D eigenvalue weighted by Crippen LogP contribution is -2.27. The number of fused-ring (bicyclic) bond motifs is 1. The summed E-state index contributed by atoms with van der Waals surface area (Å²) in [5.41, 5.74) is 1.42. The highest BCUT2D eigenvalue weighted by Gasteiger charge is 2.37. The van der Waals surface area contributed by atoms with Crippen molar-refractivity contribution in [3.05, 3.63) is 68.6 Å². The number of anilines is 2. The predicted octanol–water partition coefficient (Wildman–Crippen LogP) is 3.71. The molecule has 4 rings (SSSR count). The van der Waals surface area contributed by atoms with Crippen LogP contribution in [0.1, 0.15) is 25.3 Å². The summed E-state index contributed by atoms with van der Waals surface area (Å²) in [6.07, 6.45) is -0.841. The number of hydrogen-bond donors (Lipinski definition) is 3. The molecule has 206 valence electrons. The van der Waals surface area contributed by atoms with Crippen LogP contribution in [0, 0.1) is 11.6 Å². The zero-order valence-electron chi connectivity index (χ0n) is 20.6. The summed E-state index contributed by atoms with van der Waals surface area (Å²) in [7, 11) is 1.35. The van der Waals surface area contributed by atoms with E-state index >= 15 is 4.39 Å². The number of pyridine rings is 1. The van der Waals surface area contributed by atoms with Crippen molar-refractivity contribution in [2.24, 2.45) is 0 Å². The molecular weight excluding hydrogens is 529 g/mol. The Morgan fingerprint density at radius 1 is 1.21 bits per heavy atom. The minimum absolute atomic E-state index is 0.0709. The summed E-state index contributed by atoms with van der Waals surface area (Å²) in [5.74, 6) is -2.82. The molecule has 0 fully saturated rings. The first-order chi connectivity index (χ1) is 18.4. The van der Waals surface area contributed by atoms with Gasteiger partial charge in [0.1, 0.15) is 5.56 Å². The molecule has 0 aliphatic heterocycles. The van der Waals surface area contributed by atoms with Crippen molar-refractivity contribution in [2.75, 3.05) is 18.2 Å². The molecule has 0 spiro atoms. The molecule has 0 aliphatic carbocycles. The second-order valence-corrected chi connectivity index (χ2v) is 8.65. The van der Waals surface area contributed by atoms with E-state index in [-0.39, 0.29) is 41.3 Å². The Morgan fingerprint density at radius 2 is 1.95 bits per heavy atom. The van der Waals surface area contributed by atoms with Gasteiger partial charge in [0.25, 0.3) is 11.1 Å². The van der Waals surface area contributed by atoms with Crippen LogP contribution in [0.5, 0.6) is 5.75 Å². The van der Waals surface area contributed by atoms with Crippen LogP contribution < -0.4 is 26.9 Å². The highest BCUT2D eigenvalue weighted by atomic mass is 19.4. The number of aryl methyl sites for hydroxylation is 1. The second-order valence-electron chi connectivity index (χ2n) is 8.65. The minimum atomic E-state index is -4.89. The summed E-state index contributed by atoms with van der Waals surface area (Å²) >= 11 is 0. The van der Waals surface area contributed by atoms with E-state index in [2.05, 4.69) is 20.4 Å². The van der Waals surface area contributed by atoms with Crippen LogP contribution in [-0.4, -0.2) is 37.9 Å². The van der Waals surface area contributed by atoms with Gasteiger partial charge in [-0.25, -0.2) is 23.8 Å². The molecule has 0 amide bonds. The monoisotopic (exact) mass is 551 g/mol. The molecule has 3 heterocycles. The third kappa shape index (κ3) is 5.51. The summed E-state index contributed by atoms with van der Waals surface area (Å²) in [4.78, 5) is 32.4. The predicted molar refractivity (Wildman–Crippen MR) is 132 cm³/mol. The molecule has 10 nitrogen and oxygen atoms in total. The summed E-state index contributed by atoms with van der Waals surface area (Å²) in [5, 5.41) is 7.40. The Labute approximate surface area is 216 Å². The quantitative estimate of drug-likeness (QED) is 0.282. The number of aromatic amines is 1. The largest absolute Gasteiger partial charge is 0.491 e. The highest BCUT2D eigenvalue weighted by Crippen LogP contribution is 2.32. The minimum Gasteiger partial charge on any atom is -0.491 e. The Morgan fingerprint density at radius 3 is 2.62 bits per heavy atom. The first kappa shape index (κ1) is 27.5.